The maximum absolute atomic E-state index is 12.5. The Balaban J connectivity index is 0.00000289. The molecule has 2 atom stereocenters. The fourth-order valence-corrected chi connectivity index (χ4v) is 2.01. The van der Waals surface area contributed by atoms with Gasteiger partial charge in [0.1, 0.15) is 0 Å². The van der Waals surface area contributed by atoms with Gasteiger partial charge in [-0.25, -0.2) is 0 Å². The Labute approximate surface area is 134 Å². The fraction of sp³-hybridized carbons (Fsp3) is 0.625. The van der Waals surface area contributed by atoms with Crippen LogP contribution in [-0.4, -0.2) is 0 Å². The molecule has 0 heterocycles. The predicted octanol–water partition coefficient (Wildman–Crippen LogP) is 1.28. The van der Waals surface area contributed by atoms with E-state index in [9.17, 15) is 5.11 Å². The van der Waals surface area contributed by atoms with E-state index in [4.69, 9.17) is 0 Å². The molecule has 18 heavy (non-hydrogen) atoms. The summed E-state index contributed by atoms with van der Waals surface area (Å²) in [4.78, 5) is 0. The van der Waals surface area contributed by atoms with Gasteiger partial charge in [0.15, 0.2) is 0 Å². The van der Waals surface area contributed by atoms with E-state index in [2.05, 4.69) is 41.5 Å². The van der Waals surface area contributed by atoms with Gasteiger partial charge < -0.3 is 5.11 Å². The molecule has 1 nitrogen and oxygen atoms in total. The van der Waals surface area contributed by atoms with Crippen LogP contribution in [-0.2, 0) is 0 Å². The van der Waals surface area contributed by atoms with Gasteiger partial charge >= 0.3 is 29.6 Å². The van der Waals surface area contributed by atoms with Gasteiger partial charge in [-0.3, -0.25) is 0 Å². The second kappa shape index (κ2) is 7.57. The van der Waals surface area contributed by atoms with Crippen molar-refractivity contribution in [3.63, 3.8) is 0 Å². The van der Waals surface area contributed by atoms with Crippen molar-refractivity contribution in [3.8, 4) is 5.75 Å². The SMILES string of the molecule is CC(C)C(C)c1cccc(C(C)C(C)C)c1[O-].[Na+]. The summed E-state index contributed by atoms with van der Waals surface area (Å²) in [6.45, 7) is 13.0. The topological polar surface area (TPSA) is 23.1 Å². The van der Waals surface area contributed by atoms with Crippen molar-refractivity contribution < 1.29 is 34.7 Å². The Bertz CT molecular complexity index is 339. The van der Waals surface area contributed by atoms with Crippen LogP contribution in [0.5, 0.6) is 5.75 Å². The van der Waals surface area contributed by atoms with Gasteiger partial charge in [-0.2, -0.15) is 0 Å². The van der Waals surface area contributed by atoms with Crippen molar-refractivity contribution in [1.82, 2.24) is 0 Å². The Morgan fingerprint density at radius 2 is 1.11 bits per heavy atom. The molecule has 0 bridgehead atoms. The second-order valence-electron chi connectivity index (χ2n) is 5.83. The number of rotatable bonds is 4. The average Bonchev–Trinajstić information content (AvgIpc) is 2.27. The smallest absolute Gasteiger partial charge is 0.872 e. The summed E-state index contributed by atoms with van der Waals surface area (Å²) in [6.07, 6.45) is 0. The van der Waals surface area contributed by atoms with Gasteiger partial charge in [0.25, 0.3) is 0 Å². The van der Waals surface area contributed by atoms with Crippen LogP contribution >= 0.6 is 0 Å². The monoisotopic (exact) mass is 256 g/mol. The van der Waals surface area contributed by atoms with Gasteiger partial charge in [0.2, 0.25) is 0 Å². The van der Waals surface area contributed by atoms with Gasteiger partial charge in [0.05, 0.1) is 0 Å². The summed E-state index contributed by atoms with van der Waals surface area (Å²) in [5.41, 5.74) is 1.95. The zero-order chi connectivity index (χ0) is 13.2. The Morgan fingerprint density at radius 3 is 1.39 bits per heavy atom. The number of hydrogen-bond donors (Lipinski definition) is 0. The van der Waals surface area contributed by atoms with Crippen molar-refractivity contribution in [2.24, 2.45) is 11.8 Å². The van der Waals surface area contributed by atoms with Crippen molar-refractivity contribution >= 4 is 0 Å². The van der Waals surface area contributed by atoms with Crippen LogP contribution in [0.2, 0.25) is 0 Å². The summed E-state index contributed by atoms with van der Waals surface area (Å²) in [6, 6.07) is 6.01. The Kier molecular flexibility index (Phi) is 7.58. The first kappa shape index (κ1) is 18.0. The van der Waals surface area contributed by atoms with Crippen LogP contribution in [0.15, 0.2) is 18.2 Å². The minimum Gasteiger partial charge on any atom is -0.872 e. The van der Waals surface area contributed by atoms with Crippen molar-refractivity contribution in [1.29, 1.82) is 0 Å². The zero-order valence-electron chi connectivity index (χ0n) is 12.9. The molecular formula is C16H25NaO. The van der Waals surface area contributed by atoms with Crippen LogP contribution in [0.25, 0.3) is 0 Å². The normalized spacial score (nSPS) is 14.4. The summed E-state index contributed by atoms with van der Waals surface area (Å²) in [5, 5.41) is 12.5. The molecule has 1 aromatic carbocycles. The predicted molar refractivity (Wildman–Crippen MR) is 72.4 cm³/mol. The average molecular weight is 256 g/mol. The molecule has 0 spiro atoms. The third-order valence-electron chi connectivity index (χ3n) is 4.06. The first-order valence-corrected chi connectivity index (χ1v) is 6.66. The van der Waals surface area contributed by atoms with Crippen LogP contribution in [0.1, 0.15) is 64.5 Å². The van der Waals surface area contributed by atoms with E-state index in [0.717, 1.165) is 11.1 Å². The van der Waals surface area contributed by atoms with E-state index in [-0.39, 0.29) is 35.3 Å². The summed E-state index contributed by atoms with van der Waals surface area (Å²) < 4.78 is 0. The molecule has 0 amide bonds. The van der Waals surface area contributed by atoms with Gasteiger partial charge in [-0.05, 0) is 23.7 Å². The molecule has 96 valence electrons. The summed E-state index contributed by atoms with van der Waals surface area (Å²) in [7, 11) is 0. The van der Waals surface area contributed by atoms with Crippen LogP contribution in [0.4, 0.5) is 0 Å². The molecule has 0 N–H and O–H groups in total. The first-order valence-electron chi connectivity index (χ1n) is 6.66. The van der Waals surface area contributed by atoms with E-state index in [0.29, 0.717) is 23.7 Å². The molecule has 1 rings (SSSR count). The summed E-state index contributed by atoms with van der Waals surface area (Å²) in [5.74, 6) is 1.94. The van der Waals surface area contributed by atoms with Gasteiger partial charge in [-0.15, -0.1) is 5.75 Å². The molecule has 1 aromatic rings. The number of benzene rings is 1. The maximum atomic E-state index is 12.5. The van der Waals surface area contributed by atoms with Crippen LogP contribution in [0, 0.1) is 11.8 Å². The largest absolute Gasteiger partial charge is 1.00 e. The summed E-state index contributed by atoms with van der Waals surface area (Å²) >= 11 is 0. The Morgan fingerprint density at radius 1 is 0.778 bits per heavy atom. The minimum absolute atomic E-state index is 0. The number of hydrogen-bond acceptors (Lipinski definition) is 1. The molecule has 0 radical (unpaired) electrons. The molecule has 0 saturated carbocycles. The first-order chi connectivity index (χ1) is 7.86. The van der Waals surface area contributed by atoms with E-state index in [1.165, 1.54) is 0 Å². The molecule has 0 aliphatic rings. The standard InChI is InChI=1S/C16H26O.Na/c1-10(2)12(5)14-8-7-9-15(16(14)17)13(6)11(3)4;/h7-13,17H,1-6H3;/q;+1/p-1. The maximum Gasteiger partial charge on any atom is 1.00 e. The molecule has 0 aliphatic carbocycles. The van der Waals surface area contributed by atoms with Gasteiger partial charge in [-0.1, -0.05) is 70.9 Å². The molecular weight excluding hydrogens is 231 g/mol. The van der Waals surface area contributed by atoms with Crippen molar-refractivity contribution in [2.45, 2.75) is 53.4 Å². The van der Waals surface area contributed by atoms with Crippen molar-refractivity contribution in [3.05, 3.63) is 29.3 Å². The van der Waals surface area contributed by atoms with Crippen LogP contribution < -0.4 is 34.7 Å². The van der Waals surface area contributed by atoms with E-state index in [1.54, 1.807) is 0 Å². The van der Waals surface area contributed by atoms with Gasteiger partial charge in [0, 0.05) is 0 Å². The third-order valence-corrected chi connectivity index (χ3v) is 4.06. The third kappa shape index (κ3) is 4.01. The quantitative estimate of drug-likeness (QED) is 0.744. The second-order valence-corrected chi connectivity index (χ2v) is 5.83. The van der Waals surface area contributed by atoms with E-state index < -0.39 is 0 Å². The minimum atomic E-state index is 0. The Hall–Kier alpha value is 0.0200. The van der Waals surface area contributed by atoms with Crippen molar-refractivity contribution in [2.75, 3.05) is 0 Å². The molecule has 2 unspecified atom stereocenters. The van der Waals surface area contributed by atoms with Crippen LogP contribution in [0.3, 0.4) is 0 Å². The van der Waals surface area contributed by atoms with E-state index >= 15 is 0 Å². The molecule has 2 heteroatoms. The zero-order valence-corrected chi connectivity index (χ0v) is 14.9. The van der Waals surface area contributed by atoms with E-state index in [1.807, 2.05) is 18.2 Å². The molecule has 0 aliphatic heterocycles. The number of para-hydroxylation sites is 1. The molecule has 0 fully saturated rings. The molecule has 0 saturated heterocycles. The molecule has 0 aromatic heterocycles. The fourth-order valence-electron chi connectivity index (χ4n) is 2.01.